The van der Waals surface area contributed by atoms with E-state index >= 15 is 0 Å². The molecule has 1 atom stereocenters. The van der Waals surface area contributed by atoms with E-state index in [2.05, 4.69) is 5.32 Å². The number of ether oxygens (including phenoxy) is 3. The van der Waals surface area contributed by atoms with E-state index in [0.29, 0.717) is 19.6 Å². The van der Waals surface area contributed by atoms with Crippen LogP contribution >= 0.6 is 0 Å². The molecule has 1 aromatic rings. The minimum atomic E-state index is -0.778. The summed E-state index contributed by atoms with van der Waals surface area (Å²) < 4.78 is 15.8. The first-order valence-electron chi connectivity index (χ1n) is 6.66. The highest BCUT2D eigenvalue weighted by molar-refractivity contribution is 5.84. The lowest BCUT2D eigenvalue weighted by Gasteiger charge is -2.25. The van der Waals surface area contributed by atoms with Crippen molar-refractivity contribution in [2.24, 2.45) is 0 Å². The molecule has 0 aliphatic carbocycles. The van der Waals surface area contributed by atoms with E-state index in [1.54, 1.807) is 14.0 Å². The van der Waals surface area contributed by atoms with Crippen molar-refractivity contribution < 1.29 is 19.0 Å². The molecule has 1 N–H and O–H groups in total. The Bertz CT molecular complexity index is 412. The number of nitrogens with one attached hydrogen (secondary N) is 1. The van der Waals surface area contributed by atoms with E-state index in [1.807, 2.05) is 31.2 Å². The minimum Gasteiger partial charge on any atom is -0.497 e. The van der Waals surface area contributed by atoms with Gasteiger partial charge in [-0.2, -0.15) is 0 Å². The summed E-state index contributed by atoms with van der Waals surface area (Å²) in [6, 6.07) is 7.30. The summed E-state index contributed by atoms with van der Waals surface area (Å²) in [4.78, 5) is 11.9. The maximum Gasteiger partial charge on any atom is 0.252 e. The number of hydrogen-bond donors (Lipinski definition) is 1. The molecule has 1 unspecified atom stereocenters. The number of carbonyl (C=O) groups excluding carboxylic acids is 1. The van der Waals surface area contributed by atoms with Crippen LogP contribution in [0.4, 0.5) is 0 Å². The van der Waals surface area contributed by atoms with Gasteiger partial charge in [-0.15, -0.1) is 0 Å². The Morgan fingerprint density at radius 3 is 2.30 bits per heavy atom. The van der Waals surface area contributed by atoms with Crippen molar-refractivity contribution in [1.29, 1.82) is 0 Å². The summed E-state index contributed by atoms with van der Waals surface area (Å²) in [6.45, 7) is 4.52. The SMILES string of the molecule is CCC(C)(OC)C(=O)NCCOc1ccc(OC)cc1. The molecule has 0 saturated carbocycles. The van der Waals surface area contributed by atoms with Crippen LogP contribution in [0.3, 0.4) is 0 Å². The second-order valence-corrected chi connectivity index (χ2v) is 4.57. The van der Waals surface area contributed by atoms with Gasteiger partial charge in [-0.05, 0) is 37.6 Å². The van der Waals surface area contributed by atoms with Crippen LogP contribution in [0.2, 0.25) is 0 Å². The molecule has 0 heterocycles. The summed E-state index contributed by atoms with van der Waals surface area (Å²) >= 11 is 0. The lowest BCUT2D eigenvalue weighted by molar-refractivity contribution is -0.141. The average Bonchev–Trinajstić information content (AvgIpc) is 2.51. The van der Waals surface area contributed by atoms with Gasteiger partial charge in [0.1, 0.15) is 23.7 Å². The van der Waals surface area contributed by atoms with Crippen LogP contribution in [-0.4, -0.2) is 38.9 Å². The van der Waals surface area contributed by atoms with Crippen LogP contribution < -0.4 is 14.8 Å². The Morgan fingerprint density at radius 2 is 1.80 bits per heavy atom. The molecule has 5 heteroatoms. The number of carbonyl (C=O) groups is 1. The molecular weight excluding hydrogens is 258 g/mol. The normalized spacial score (nSPS) is 13.4. The molecule has 0 aromatic heterocycles. The molecule has 1 aromatic carbocycles. The first-order valence-corrected chi connectivity index (χ1v) is 6.66. The first-order chi connectivity index (χ1) is 9.55. The summed E-state index contributed by atoms with van der Waals surface area (Å²) in [5, 5.41) is 2.80. The van der Waals surface area contributed by atoms with Crippen molar-refractivity contribution in [3.05, 3.63) is 24.3 Å². The molecule has 0 radical (unpaired) electrons. The third-order valence-corrected chi connectivity index (χ3v) is 3.32. The maximum absolute atomic E-state index is 11.9. The van der Waals surface area contributed by atoms with Gasteiger partial charge < -0.3 is 19.5 Å². The predicted octanol–water partition coefficient (Wildman–Crippen LogP) is 2.01. The third kappa shape index (κ3) is 4.42. The number of amides is 1. The van der Waals surface area contributed by atoms with Gasteiger partial charge in [0.25, 0.3) is 5.91 Å². The highest BCUT2D eigenvalue weighted by Crippen LogP contribution is 2.17. The smallest absolute Gasteiger partial charge is 0.252 e. The van der Waals surface area contributed by atoms with Crippen molar-refractivity contribution in [1.82, 2.24) is 5.32 Å². The molecular formula is C15H23NO4. The van der Waals surface area contributed by atoms with E-state index in [1.165, 1.54) is 7.11 Å². The molecule has 0 spiro atoms. The molecule has 0 fully saturated rings. The van der Waals surface area contributed by atoms with E-state index in [-0.39, 0.29) is 5.91 Å². The summed E-state index contributed by atoms with van der Waals surface area (Å²) in [5.41, 5.74) is -0.778. The van der Waals surface area contributed by atoms with Crippen LogP contribution in [0.5, 0.6) is 11.5 Å². The highest BCUT2D eigenvalue weighted by Gasteiger charge is 2.30. The molecule has 1 amide bonds. The van der Waals surface area contributed by atoms with Crippen LogP contribution in [0.15, 0.2) is 24.3 Å². The van der Waals surface area contributed by atoms with Crippen LogP contribution in [0.1, 0.15) is 20.3 Å². The fourth-order valence-electron chi connectivity index (χ4n) is 1.59. The topological polar surface area (TPSA) is 56.8 Å². The Labute approximate surface area is 120 Å². The van der Waals surface area contributed by atoms with E-state index in [4.69, 9.17) is 14.2 Å². The lowest BCUT2D eigenvalue weighted by Crippen LogP contribution is -2.46. The van der Waals surface area contributed by atoms with Gasteiger partial charge in [-0.3, -0.25) is 4.79 Å². The van der Waals surface area contributed by atoms with Gasteiger partial charge in [0.2, 0.25) is 0 Å². The second kappa shape index (κ2) is 7.75. The predicted molar refractivity (Wildman–Crippen MR) is 77.2 cm³/mol. The molecule has 112 valence electrons. The molecule has 5 nitrogen and oxygen atoms in total. The largest absolute Gasteiger partial charge is 0.497 e. The summed E-state index contributed by atoms with van der Waals surface area (Å²) in [7, 11) is 3.16. The highest BCUT2D eigenvalue weighted by atomic mass is 16.5. The minimum absolute atomic E-state index is 0.124. The van der Waals surface area contributed by atoms with Gasteiger partial charge in [0.05, 0.1) is 13.7 Å². The number of benzene rings is 1. The molecule has 20 heavy (non-hydrogen) atoms. The average molecular weight is 281 g/mol. The molecule has 0 saturated heterocycles. The maximum atomic E-state index is 11.9. The number of hydrogen-bond acceptors (Lipinski definition) is 4. The van der Waals surface area contributed by atoms with Crippen LogP contribution in [-0.2, 0) is 9.53 Å². The summed E-state index contributed by atoms with van der Waals surface area (Å²) in [6.07, 6.45) is 0.620. The molecule has 0 aliphatic heterocycles. The van der Waals surface area contributed by atoms with Gasteiger partial charge in [-0.25, -0.2) is 0 Å². The zero-order valence-corrected chi connectivity index (χ0v) is 12.6. The number of rotatable bonds is 8. The molecule has 1 rings (SSSR count). The van der Waals surface area contributed by atoms with Crippen molar-refractivity contribution in [2.45, 2.75) is 25.9 Å². The van der Waals surface area contributed by atoms with Crippen molar-refractivity contribution in [3.63, 3.8) is 0 Å². The van der Waals surface area contributed by atoms with E-state index in [9.17, 15) is 4.79 Å². The van der Waals surface area contributed by atoms with Gasteiger partial charge in [-0.1, -0.05) is 6.92 Å². The van der Waals surface area contributed by atoms with E-state index in [0.717, 1.165) is 11.5 Å². The van der Waals surface area contributed by atoms with Crippen LogP contribution in [0.25, 0.3) is 0 Å². The zero-order chi connectivity index (χ0) is 15.0. The Hall–Kier alpha value is -1.75. The van der Waals surface area contributed by atoms with Crippen molar-refractivity contribution in [3.8, 4) is 11.5 Å². The first kappa shape index (κ1) is 16.3. The summed E-state index contributed by atoms with van der Waals surface area (Å²) in [5.74, 6) is 1.40. The molecule has 0 aliphatic rings. The van der Waals surface area contributed by atoms with Crippen LogP contribution in [0, 0.1) is 0 Å². The van der Waals surface area contributed by atoms with Gasteiger partial charge >= 0.3 is 0 Å². The van der Waals surface area contributed by atoms with E-state index < -0.39 is 5.60 Å². The van der Waals surface area contributed by atoms with Crippen molar-refractivity contribution in [2.75, 3.05) is 27.4 Å². The Morgan fingerprint density at radius 1 is 1.20 bits per heavy atom. The van der Waals surface area contributed by atoms with Gasteiger partial charge in [0, 0.05) is 7.11 Å². The second-order valence-electron chi connectivity index (χ2n) is 4.57. The Kier molecular flexibility index (Phi) is 6.31. The fraction of sp³-hybridized carbons (Fsp3) is 0.533. The standard InChI is InChI=1S/C15H23NO4/c1-5-15(2,19-4)14(17)16-10-11-20-13-8-6-12(18-3)7-9-13/h6-9H,5,10-11H2,1-4H3,(H,16,17). The quantitative estimate of drug-likeness (QED) is 0.741. The monoisotopic (exact) mass is 281 g/mol. The third-order valence-electron chi connectivity index (χ3n) is 3.32. The lowest BCUT2D eigenvalue weighted by atomic mass is 10.0. The zero-order valence-electron chi connectivity index (χ0n) is 12.6. The number of methoxy groups -OCH3 is 2. The molecule has 0 bridgehead atoms. The fourth-order valence-corrected chi connectivity index (χ4v) is 1.59. The Balaban J connectivity index is 2.32. The van der Waals surface area contributed by atoms with Crippen molar-refractivity contribution >= 4 is 5.91 Å². The van der Waals surface area contributed by atoms with Gasteiger partial charge in [0.15, 0.2) is 0 Å².